The maximum absolute atomic E-state index is 5.77. The molecule has 18 heavy (non-hydrogen) atoms. The van der Waals surface area contributed by atoms with Crippen LogP contribution in [0.1, 0.15) is 49.8 Å². The van der Waals surface area contributed by atoms with Gasteiger partial charge in [0.2, 0.25) is 0 Å². The first-order chi connectivity index (χ1) is 8.71. The van der Waals surface area contributed by atoms with Crippen molar-refractivity contribution in [2.75, 3.05) is 13.7 Å². The van der Waals surface area contributed by atoms with E-state index in [1.54, 1.807) is 0 Å². The van der Waals surface area contributed by atoms with Crippen molar-refractivity contribution >= 4 is 0 Å². The highest BCUT2D eigenvalue weighted by molar-refractivity contribution is 5.29. The van der Waals surface area contributed by atoms with Crippen molar-refractivity contribution in [3.8, 4) is 0 Å². The third kappa shape index (κ3) is 2.76. The Balaban J connectivity index is 2.15. The van der Waals surface area contributed by atoms with Crippen LogP contribution in [0, 0.1) is 6.92 Å². The van der Waals surface area contributed by atoms with Crippen molar-refractivity contribution in [3.05, 3.63) is 35.4 Å². The Morgan fingerprint density at radius 2 is 2.06 bits per heavy atom. The van der Waals surface area contributed by atoms with Crippen LogP contribution >= 0.6 is 0 Å². The first-order valence-electron chi connectivity index (χ1n) is 7.05. The van der Waals surface area contributed by atoms with Gasteiger partial charge in [0.1, 0.15) is 0 Å². The zero-order valence-electron chi connectivity index (χ0n) is 11.8. The van der Waals surface area contributed by atoms with Crippen LogP contribution in [-0.4, -0.2) is 19.3 Å². The van der Waals surface area contributed by atoms with Gasteiger partial charge in [0.15, 0.2) is 0 Å². The second-order valence-electron chi connectivity index (χ2n) is 5.41. The highest BCUT2D eigenvalue weighted by atomic mass is 16.5. The van der Waals surface area contributed by atoms with E-state index in [-0.39, 0.29) is 5.60 Å². The van der Waals surface area contributed by atoms with Gasteiger partial charge in [-0.1, -0.05) is 31.2 Å². The summed E-state index contributed by atoms with van der Waals surface area (Å²) in [4.78, 5) is 0. The van der Waals surface area contributed by atoms with Crippen LogP contribution in [0.3, 0.4) is 0 Å². The lowest BCUT2D eigenvalue weighted by Crippen LogP contribution is -2.43. The van der Waals surface area contributed by atoms with Gasteiger partial charge in [0.25, 0.3) is 0 Å². The molecule has 1 aromatic carbocycles. The van der Waals surface area contributed by atoms with Crippen molar-refractivity contribution in [2.24, 2.45) is 0 Å². The summed E-state index contributed by atoms with van der Waals surface area (Å²) in [6.07, 6.45) is 4.80. The molecular weight excluding hydrogens is 222 g/mol. The molecule has 1 aliphatic carbocycles. The van der Waals surface area contributed by atoms with E-state index in [2.05, 4.69) is 43.4 Å². The molecule has 0 saturated heterocycles. The van der Waals surface area contributed by atoms with Gasteiger partial charge in [-0.3, -0.25) is 0 Å². The van der Waals surface area contributed by atoms with E-state index in [1.807, 2.05) is 7.11 Å². The number of nitrogens with one attached hydrogen (secondary N) is 1. The van der Waals surface area contributed by atoms with Gasteiger partial charge in [-0.25, -0.2) is 0 Å². The number of benzene rings is 1. The van der Waals surface area contributed by atoms with E-state index in [0.717, 1.165) is 13.0 Å². The van der Waals surface area contributed by atoms with Gasteiger partial charge in [-0.2, -0.15) is 0 Å². The molecule has 0 radical (unpaired) electrons. The summed E-state index contributed by atoms with van der Waals surface area (Å²) in [6.45, 7) is 5.37. The van der Waals surface area contributed by atoms with Crippen LogP contribution < -0.4 is 5.32 Å². The number of methoxy groups -OCH3 is 1. The lowest BCUT2D eigenvalue weighted by atomic mass is 9.74. The van der Waals surface area contributed by atoms with Crippen LogP contribution in [0.15, 0.2) is 24.3 Å². The Morgan fingerprint density at radius 3 is 2.56 bits per heavy atom. The zero-order valence-corrected chi connectivity index (χ0v) is 11.8. The van der Waals surface area contributed by atoms with E-state index in [0.29, 0.717) is 6.04 Å². The average Bonchev–Trinajstić information content (AvgIpc) is 2.33. The molecule has 0 bridgehead atoms. The second-order valence-corrected chi connectivity index (χ2v) is 5.41. The Bertz CT molecular complexity index is 379. The molecule has 0 aliphatic heterocycles. The Morgan fingerprint density at radius 1 is 1.33 bits per heavy atom. The number of aryl methyl sites for hydroxylation is 1. The molecule has 1 saturated carbocycles. The molecular formula is C16H25NO. The minimum absolute atomic E-state index is 0.120. The molecule has 0 spiro atoms. The maximum atomic E-state index is 5.77. The lowest BCUT2D eigenvalue weighted by molar-refractivity contribution is -0.0837. The average molecular weight is 247 g/mol. The summed E-state index contributed by atoms with van der Waals surface area (Å²) in [6, 6.07) is 9.09. The molecule has 2 nitrogen and oxygen atoms in total. The summed E-state index contributed by atoms with van der Waals surface area (Å²) < 4.78 is 5.77. The molecule has 1 fully saturated rings. The van der Waals surface area contributed by atoms with Gasteiger partial charge in [0, 0.05) is 13.2 Å². The van der Waals surface area contributed by atoms with Gasteiger partial charge < -0.3 is 10.1 Å². The van der Waals surface area contributed by atoms with Crippen molar-refractivity contribution in [3.63, 3.8) is 0 Å². The number of rotatable bonds is 6. The quantitative estimate of drug-likeness (QED) is 0.829. The lowest BCUT2D eigenvalue weighted by Gasteiger charge is -2.43. The van der Waals surface area contributed by atoms with E-state index in [1.165, 1.54) is 30.4 Å². The zero-order chi connectivity index (χ0) is 13.0. The minimum Gasteiger partial charge on any atom is -0.378 e. The largest absolute Gasteiger partial charge is 0.378 e. The first kappa shape index (κ1) is 13.6. The van der Waals surface area contributed by atoms with Crippen molar-refractivity contribution in [1.29, 1.82) is 0 Å². The third-order valence-electron chi connectivity index (χ3n) is 4.29. The second kappa shape index (κ2) is 5.85. The van der Waals surface area contributed by atoms with Crippen LogP contribution in [0.25, 0.3) is 0 Å². The molecule has 1 aromatic rings. The fraction of sp³-hybridized carbons (Fsp3) is 0.625. The number of ether oxygens (including phenoxy) is 1. The summed E-state index contributed by atoms with van der Waals surface area (Å²) in [5, 5.41) is 3.62. The molecule has 0 aromatic heterocycles. The summed E-state index contributed by atoms with van der Waals surface area (Å²) in [5.74, 6) is 0. The smallest absolute Gasteiger partial charge is 0.0697 e. The molecule has 1 aliphatic rings. The van der Waals surface area contributed by atoms with Gasteiger partial charge in [0.05, 0.1) is 5.60 Å². The Hall–Kier alpha value is -0.860. The SMILES string of the molecule is CCNC(CC1(OC)CCC1)c1ccccc1C. The molecule has 1 unspecified atom stereocenters. The van der Waals surface area contributed by atoms with Crippen molar-refractivity contribution < 1.29 is 4.74 Å². The molecule has 0 heterocycles. The highest BCUT2D eigenvalue weighted by Crippen LogP contribution is 2.42. The topological polar surface area (TPSA) is 21.3 Å². The molecule has 1 atom stereocenters. The fourth-order valence-corrected chi connectivity index (χ4v) is 2.95. The van der Waals surface area contributed by atoms with E-state index in [9.17, 15) is 0 Å². The molecule has 0 amide bonds. The number of hydrogen-bond acceptors (Lipinski definition) is 2. The van der Waals surface area contributed by atoms with Crippen LogP contribution in [0.2, 0.25) is 0 Å². The van der Waals surface area contributed by atoms with Gasteiger partial charge in [-0.15, -0.1) is 0 Å². The predicted molar refractivity (Wildman–Crippen MR) is 75.8 cm³/mol. The minimum atomic E-state index is 0.120. The molecule has 1 N–H and O–H groups in total. The molecule has 100 valence electrons. The Labute approximate surface area is 111 Å². The highest BCUT2D eigenvalue weighted by Gasteiger charge is 2.39. The van der Waals surface area contributed by atoms with Gasteiger partial charge in [-0.05, 0) is 50.3 Å². The van der Waals surface area contributed by atoms with Crippen LogP contribution in [0.4, 0.5) is 0 Å². The third-order valence-corrected chi connectivity index (χ3v) is 4.29. The molecule has 2 heteroatoms. The van der Waals surface area contributed by atoms with E-state index < -0.39 is 0 Å². The van der Waals surface area contributed by atoms with E-state index in [4.69, 9.17) is 4.74 Å². The van der Waals surface area contributed by atoms with Crippen molar-refractivity contribution in [1.82, 2.24) is 5.32 Å². The van der Waals surface area contributed by atoms with Crippen LogP contribution in [0.5, 0.6) is 0 Å². The first-order valence-corrected chi connectivity index (χ1v) is 7.05. The Kier molecular flexibility index (Phi) is 4.41. The number of hydrogen-bond donors (Lipinski definition) is 1. The maximum Gasteiger partial charge on any atom is 0.0697 e. The van der Waals surface area contributed by atoms with Crippen LogP contribution in [-0.2, 0) is 4.74 Å². The summed E-state index contributed by atoms with van der Waals surface area (Å²) in [5.41, 5.74) is 2.91. The predicted octanol–water partition coefficient (Wildman–Crippen LogP) is 3.60. The van der Waals surface area contributed by atoms with E-state index >= 15 is 0 Å². The molecule has 2 rings (SSSR count). The van der Waals surface area contributed by atoms with Gasteiger partial charge >= 0.3 is 0 Å². The summed E-state index contributed by atoms with van der Waals surface area (Å²) >= 11 is 0. The van der Waals surface area contributed by atoms with Crippen molar-refractivity contribution in [2.45, 2.75) is 51.2 Å². The standard InChI is InChI=1S/C16H25NO/c1-4-17-15(12-16(18-3)10-7-11-16)14-9-6-5-8-13(14)2/h5-6,8-9,15,17H,4,7,10-12H2,1-3H3. The normalized spacial score (nSPS) is 19.3. The fourth-order valence-electron chi connectivity index (χ4n) is 2.95. The summed E-state index contributed by atoms with van der Waals surface area (Å²) in [7, 11) is 1.86. The monoisotopic (exact) mass is 247 g/mol.